The van der Waals surface area contributed by atoms with Crippen LogP contribution in [0.1, 0.15) is 17.8 Å². The molecule has 0 saturated heterocycles. The van der Waals surface area contributed by atoms with Gasteiger partial charge in [-0.1, -0.05) is 127 Å². The molecule has 10 aromatic rings. The van der Waals surface area contributed by atoms with Crippen molar-refractivity contribution in [2.45, 2.75) is 12.2 Å². The Hall–Kier alpha value is -6.04. The molecular weight excluding hydrogens is 619 g/mol. The number of aromatic nitrogens is 1. The average Bonchev–Trinajstić information content (AvgIpc) is 3.84. The molecule has 0 saturated carbocycles. The molecule has 0 fully saturated rings. The summed E-state index contributed by atoms with van der Waals surface area (Å²) in [7, 11) is 0. The minimum Gasteiger partial charge on any atom is -0.438 e. The lowest BCUT2D eigenvalue weighted by atomic mass is 9.97. The summed E-state index contributed by atoms with van der Waals surface area (Å²) in [5, 5.41) is 16.8. The van der Waals surface area contributed by atoms with E-state index in [-0.39, 0.29) is 12.2 Å². The topological polar surface area (TPSA) is 42.1 Å². The summed E-state index contributed by atoms with van der Waals surface area (Å²) < 4.78 is 11.7. The molecule has 4 nitrogen and oxygen atoms in total. The van der Waals surface area contributed by atoms with Gasteiger partial charge in [-0.2, -0.15) is 0 Å². The van der Waals surface area contributed by atoms with Gasteiger partial charge in [-0.25, -0.2) is 0 Å². The molecule has 4 heterocycles. The minimum absolute atomic E-state index is 0.131. The molecule has 1 aliphatic heterocycles. The van der Waals surface area contributed by atoms with E-state index in [2.05, 4.69) is 155 Å². The standard InChI is InChI=1S/C44H29N3OS/c1-2-12-26(13-3-1)27-22-24-28(25-23-27)39-43(45-40-32-17-7-10-20-35(32)48-44(40)46-39)47-34-19-9-6-16-31(34)38-41(47)30-15-5-4-14-29(30)37-33-18-8-11-21-36(33)49-42(37)38/h1-25,39,43,45-46H. The van der Waals surface area contributed by atoms with E-state index >= 15 is 0 Å². The van der Waals surface area contributed by atoms with Crippen LogP contribution in [0.5, 0.6) is 0 Å². The van der Waals surface area contributed by atoms with Crippen molar-refractivity contribution in [1.82, 2.24) is 4.57 Å². The first-order valence-electron chi connectivity index (χ1n) is 16.8. The Morgan fingerprint density at radius 2 is 1.18 bits per heavy atom. The lowest BCUT2D eigenvalue weighted by Gasteiger charge is -2.36. The second kappa shape index (κ2) is 10.2. The molecule has 5 heteroatoms. The molecule has 0 bridgehead atoms. The molecule has 49 heavy (non-hydrogen) atoms. The van der Waals surface area contributed by atoms with Crippen molar-refractivity contribution in [3.05, 3.63) is 157 Å². The van der Waals surface area contributed by atoms with Gasteiger partial charge < -0.3 is 19.6 Å². The van der Waals surface area contributed by atoms with E-state index in [1.807, 2.05) is 23.5 Å². The normalized spacial score (nSPS) is 16.1. The van der Waals surface area contributed by atoms with Crippen LogP contribution in [0.2, 0.25) is 0 Å². The summed E-state index contributed by atoms with van der Waals surface area (Å²) in [4.78, 5) is 0. The van der Waals surface area contributed by atoms with E-state index in [1.165, 1.54) is 69.4 Å². The third kappa shape index (κ3) is 3.85. The summed E-state index contributed by atoms with van der Waals surface area (Å²) in [6.07, 6.45) is -0.172. The van der Waals surface area contributed by atoms with Gasteiger partial charge in [0.25, 0.3) is 0 Å². The smallest absolute Gasteiger partial charge is 0.218 e. The number of furan rings is 1. The lowest BCUT2D eigenvalue weighted by molar-refractivity contribution is 0.485. The predicted molar refractivity (Wildman–Crippen MR) is 207 cm³/mol. The SMILES string of the molecule is c1ccc(-c2ccc(C3Nc4oc5ccccc5c4NC3n3c4ccccc4c4c5sc6ccccc6c5c5ccccc5c43)cc2)cc1. The third-order valence-corrected chi connectivity index (χ3v) is 11.5. The van der Waals surface area contributed by atoms with Crippen LogP contribution >= 0.6 is 11.3 Å². The van der Waals surface area contributed by atoms with E-state index in [0.717, 1.165) is 22.5 Å². The Morgan fingerprint density at radius 3 is 2.02 bits per heavy atom. The van der Waals surface area contributed by atoms with Crippen LogP contribution in [0.15, 0.2) is 156 Å². The van der Waals surface area contributed by atoms with Gasteiger partial charge in [0, 0.05) is 41.7 Å². The Balaban J connectivity index is 1.23. The van der Waals surface area contributed by atoms with Gasteiger partial charge in [-0.05, 0) is 46.3 Å². The van der Waals surface area contributed by atoms with Crippen LogP contribution in [-0.2, 0) is 0 Å². The van der Waals surface area contributed by atoms with Crippen LogP contribution in [0.25, 0.3) is 74.8 Å². The fourth-order valence-corrected chi connectivity index (χ4v) is 9.46. The maximum absolute atomic E-state index is 6.46. The zero-order valence-electron chi connectivity index (χ0n) is 26.4. The van der Waals surface area contributed by atoms with Gasteiger partial charge >= 0.3 is 0 Å². The quantitative estimate of drug-likeness (QED) is 0.200. The van der Waals surface area contributed by atoms with Crippen LogP contribution in [0, 0.1) is 0 Å². The molecule has 0 spiro atoms. The van der Waals surface area contributed by atoms with Crippen molar-refractivity contribution in [1.29, 1.82) is 0 Å². The number of thiophene rings is 1. The number of rotatable bonds is 3. The molecule has 1 aliphatic rings. The highest BCUT2D eigenvalue weighted by atomic mass is 32.1. The van der Waals surface area contributed by atoms with Crippen LogP contribution in [-0.4, -0.2) is 4.57 Å². The van der Waals surface area contributed by atoms with E-state index in [0.29, 0.717) is 0 Å². The van der Waals surface area contributed by atoms with Crippen molar-refractivity contribution in [3.8, 4) is 11.1 Å². The van der Waals surface area contributed by atoms with Gasteiger partial charge in [-0.15, -0.1) is 11.3 Å². The van der Waals surface area contributed by atoms with Crippen molar-refractivity contribution >= 4 is 86.6 Å². The average molecular weight is 648 g/mol. The van der Waals surface area contributed by atoms with Crippen molar-refractivity contribution in [3.63, 3.8) is 0 Å². The first-order valence-corrected chi connectivity index (χ1v) is 17.6. The van der Waals surface area contributed by atoms with Gasteiger partial charge in [0.2, 0.25) is 5.88 Å². The molecule has 2 N–H and O–H groups in total. The molecule has 3 aromatic heterocycles. The monoisotopic (exact) mass is 647 g/mol. The highest BCUT2D eigenvalue weighted by Crippen LogP contribution is 2.51. The molecule has 2 unspecified atom stereocenters. The molecule has 232 valence electrons. The molecule has 0 amide bonds. The Kier molecular flexibility index (Phi) is 5.63. The van der Waals surface area contributed by atoms with Gasteiger partial charge in [0.05, 0.1) is 17.1 Å². The predicted octanol–water partition coefficient (Wildman–Crippen LogP) is 12.5. The maximum atomic E-state index is 6.46. The lowest BCUT2D eigenvalue weighted by Crippen LogP contribution is -2.33. The minimum atomic E-state index is -0.172. The number of hydrogen-bond acceptors (Lipinski definition) is 4. The van der Waals surface area contributed by atoms with E-state index in [4.69, 9.17) is 4.42 Å². The van der Waals surface area contributed by atoms with Gasteiger partial charge in [0.1, 0.15) is 17.4 Å². The first kappa shape index (κ1) is 27.0. The van der Waals surface area contributed by atoms with E-state index in [9.17, 15) is 0 Å². The maximum Gasteiger partial charge on any atom is 0.218 e. The summed E-state index contributed by atoms with van der Waals surface area (Å²) in [5.41, 5.74) is 7.90. The molecule has 0 radical (unpaired) electrons. The zero-order chi connectivity index (χ0) is 32.1. The summed E-state index contributed by atoms with van der Waals surface area (Å²) in [6.45, 7) is 0. The van der Waals surface area contributed by atoms with Crippen molar-refractivity contribution in [2.75, 3.05) is 10.6 Å². The Morgan fingerprint density at radius 1 is 0.531 bits per heavy atom. The van der Waals surface area contributed by atoms with E-state index < -0.39 is 0 Å². The van der Waals surface area contributed by atoms with Gasteiger partial charge in [0.15, 0.2) is 0 Å². The molecule has 7 aromatic carbocycles. The summed E-state index contributed by atoms with van der Waals surface area (Å²) in [5.74, 6) is 0.770. The van der Waals surface area contributed by atoms with Crippen LogP contribution in [0.4, 0.5) is 11.6 Å². The molecule has 0 aliphatic carbocycles. The number of fused-ring (bicyclic) bond motifs is 13. The number of hydrogen-bond donors (Lipinski definition) is 2. The fraction of sp³-hybridized carbons (Fsp3) is 0.0455. The number of nitrogens with zero attached hydrogens (tertiary/aromatic N) is 1. The number of benzene rings is 7. The molecule has 2 atom stereocenters. The van der Waals surface area contributed by atoms with Crippen LogP contribution < -0.4 is 10.6 Å². The molecule has 11 rings (SSSR count). The highest BCUT2D eigenvalue weighted by molar-refractivity contribution is 7.27. The van der Waals surface area contributed by atoms with Gasteiger partial charge in [-0.3, -0.25) is 0 Å². The third-order valence-electron chi connectivity index (χ3n) is 10.3. The van der Waals surface area contributed by atoms with Crippen molar-refractivity contribution < 1.29 is 4.42 Å². The number of anilines is 2. The largest absolute Gasteiger partial charge is 0.438 e. The van der Waals surface area contributed by atoms with Crippen LogP contribution in [0.3, 0.4) is 0 Å². The fourth-order valence-electron chi connectivity index (χ4n) is 8.18. The van der Waals surface area contributed by atoms with Crippen molar-refractivity contribution in [2.24, 2.45) is 0 Å². The zero-order valence-corrected chi connectivity index (χ0v) is 27.2. The Bertz CT molecular complexity index is 2900. The number of para-hydroxylation sites is 2. The van der Waals surface area contributed by atoms with E-state index in [1.54, 1.807) is 0 Å². The Labute approximate surface area is 285 Å². The first-order chi connectivity index (χ1) is 24.3. The number of nitrogens with one attached hydrogen (secondary N) is 2. The summed E-state index contributed by atoms with van der Waals surface area (Å²) >= 11 is 1.90. The molecular formula is C44H29N3OS. The summed E-state index contributed by atoms with van der Waals surface area (Å²) in [6, 6.07) is 54.5. The highest BCUT2D eigenvalue weighted by Gasteiger charge is 2.36. The second-order valence-corrected chi connectivity index (χ2v) is 14.0. The second-order valence-electron chi connectivity index (χ2n) is 13.0.